The molecular weight excluding hydrogens is 560 g/mol. The summed E-state index contributed by atoms with van der Waals surface area (Å²) in [7, 11) is 0. The molecule has 0 N–H and O–H groups in total. The summed E-state index contributed by atoms with van der Waals surface area (Å²) in [6.45, 7) is 4.38. The standard InChI is InChI=1S/C28H22BrClN2O3S/c1-17-15-19(18(2)32(17)24-12-11-22(29)20-7-3-4-8-21(20)24)16-26-27(33)31(28(34)36-26)13-14-35-25-10-6-5-9-23(25)30/h3-12,15-16H,13-14H2,1-2H3/b26-16-. The first-order valence-corrected chi connectivity index (χ1v) is 13.3. The second-order valence-electron chi connectivity index (χ2n) is 8.39. The molecule has 0 atom stereocenters. The van der Waals surface area contributed by atoms with E-state index in [1.807, 2.05) is 50.2 Å². The van der Waals surface area contributed by atoms with Crippen LogP contribution in [0.1, 0.15) is 17.0 Å². The van der Waals surface area contributed by atoms with Crippen molar-refractivity contribution in [1.82, 2.24) is 9.47 Å². The fourth-order valence-corrected chi connectivity index (χ4v) is 5.91. The molecule has 0 bridgehead atoms. The van der Waals surface area contributed by atoms with E-state index in [1.165, 1.54) is 4.90 Å². The highest BCUT2D eigenvalue weighted by molar-refractivity contribution is 9.10. The molecule has 4 aromatic rings. The molecule has 5 rings (SSSR count). The van der Waals surface area contributed by atoms with E-state index in [0.717, 1.165) is 49.6 Å². The number of rotatable bonds is 6. The van der Waals surface area contributed by atoms with Crippen LogP contribution in [0.3, 0.4) is 0 Å². The van der Waals surface area contributed by atoms with Crippen molar-refractivity contribution in [3.63, 3.8) is 0 Å². The van der Waals surface area contributed by atoms with Crippen molar-refractivity contribution in [3.8, 4) is 11.4 Å². The number of imide groups is 1. The Hall–Kier alpha value is -3.00. The van der Waals surface area contributed by atoms with Crippen molar-refractivity contribution in [3.05, 3.63) is 98.1 Å². The van der Waals surface area contributed by atoms with Crippen LogP contribution in [-0.4, -0.2) is 33.8 Å². The molecule has 1 aliphatic heterocycles. The summed E-state index contributed by atoms with van der Waals surface area (Å²) in [5, 5.41) is 2.44. The molecule has 5 nitrogen and oxygen atoms in total. The van der Waals surface area contributed by atoms with Crippen molar-refractivity contribution in [1.29, 1.82) is 0 Å². The fraction of sp³-hybridized carbons (Fsp3) is 0.143. The Morgan fingerprint density at radius 1 is 1.00 bits per heavy atom. The number of fused-ring (bicyclic) bond motifs is 1. The van der Waals surface area contributed by atoms with Crippen LogP contribution in [0.15, 0.2) is 76.1 Å². The average molecular weight is 582 g/mol. The summed E-state index contributed by atoms with van der Waals surface area (Å²) in [5.74, 6) is 0.209. The molecule has 1 aliphatic rings. The minimum Gasteiger partial charge on any atom is -0.490 e. The third-order valence-electron chi connectivity index (χ3n) is 6.13. The van der Waals surface area contributed by atoms with Crippen molar-refractivity contribution in [2.24, 2.45) is 0 Å². The van der Waals surface area contributed by atoms with Crippen molar-refractivity contribution in [2.75, 3.05) is 13.2 Å². The second kappa shape index (κ2) is 10.2. The van der Waals surface area contributed by atoms with Gasteiger partial charge in [0, 0.05) is 21.2 Å². The highest BCUT2D eigenvalue weighted by atomic mass is 79.9. The van der Waals surface area contributed by atoms with Crippen molar-refractivity contribution < 1.29 is 14.3 Å². The molecule has 0 spiro atoms. The number of para-hydroxylation sites is 1. The zero-order valence-corrected chi connectivity index (χ0v) is 22.8. The van der Waals surface area contributed by atoms with Crippen LogP contribution < -0.4 is 4.74 Å². The van der Waals surface area contributed by atoms with Gasteiger partial charge in [-0.15, -0.1) is 0 Å². The zero-order chi connectivity index (χ0) is 25.4. The van der Waals surface area contributed by atoms with Crippen LogP contribution in [0.4, 0.5) is 4.79 Å². The number of amides is 2. The lowest BCUT2D eigenvalue weighted by Gasteiger charge is -2.14. The molecule has 8 heteroatoms. The van der Waals surface area contributed by atoms with Gasteiger partial charge < -0.3 is 9.30 Å². The van der Waals surface area contributed by atoms with Gasteiger partial charge in [0.05, 0.1) is 22.2 Å². The first-order valence-electron chi connectivity index (χ1n) is 11.3. The van der Waals surface area contributed by atoms with E-state index >= 15 is 0 Å². The molecule has 1 aromatic heterocycles. The Kier molecular flexibility index (Phi) is 6.97. The van der Waals surface area contributed by atoms with Gasteiger partial charge in [0.25, 0.3) is 11.1 Å². The molecule has 36 heavy (non-hydrogen) atoms. The Morgan fingerprint density at radius 3 is 2.50 bits per heavy atom. The van der Waals surface area contributed by atoms with E-state index < -0.39 is 0 Å². The summed E-state index contributed by atoms with van der Waals surface area (Å²) in [4.78, 5) is 27.2. The normalized spacial score (nSPS) is 14.9. The molecular formula is C28H22BrClN2O3S. The lowest BCUT2D eigenvalue weighted by Crippen LogP contribution is -2.32. The maximum atomic E-state index is 13.0. The van der Waals surface area contributed by atoms with Gasteiger partial charge in [-0.3, -0.25) is 14.5 Å². The number of thioether (sulfide) groups is 1. The molecule has 0 unspecified atom stereocenters. The number of hydrogen-bond acceptors (Lipinski definition) is 4. The van der Waals surface area contributed by atoms with Crippen LogP contribution in [0.5, 0.6) is 5.75 Å². The van der Waals surface area contributed by atoms with Crippen molar-refractivity contribution >= 4 is 67.3 Å². The molecule has 0 saturated carbocycles. The minimum absolute atomic E-state index is 0.150. The smallest absolute Gasteiger partial charge is 0.293 e. The number of nitrogens with zero attached hydrogens (tertiary/aromatic N) is 2. The molecule has 182 valence electrons. The van der Waals surface area contributed by atoms with Gasteiger partial charge >= 0.3 is 0 Å². The SMILES string of the molecule is Cc1cc(/C=C2\SC(=O)N(CCOc3ccccc3Cl)C2=O)c(C)n1-c1ccc(Br)c2ccccc12. The van der Waals surface area contributed by atoms with Crippen molar-refractivity contribution in [2.45, 2.75) is 13.8 Å². The summed E-state index contributed by atoms with van der Waals surface area (Å²) in [5.41, 5.74) is 4.00. The van der Waals surface area contributed by atoms with Gasteiger partial charge in [-0.2, -0.15) is 0 Å². The Balaban J connectivity index is 1.39. The van der Waals surface area contributed by atoms with Crippen LogP contribution in [0.2, 0.25) is 5.02 Å². The van der Waals surface area contributed by atoms with Crippen LogP contribution >= 0.6 is 39.3 Å². The first kappa shape index (κ1) is 24.7. The number of hydrogen-bond donors (Lipinski definition) is 0. The van der Waals surface area contributed by atoms with E-state index in [4.69, 9.17) is 16.3 Å². The summed E-state index contributed by atoms with van der Waals surface area (Å²) in [6, 6.07) is 21.5. The number of aryl methyl sites for hydroxylation is 1. The largest absolute Gasteiger partial charge is 0.490 e. The first-order chi connectivity index (χ1) is 17.3. The van der Waals surface area contributed by atoms with Gasteiger partial charge in [0.1, 0.15) is 12.4 Å². The van der Waals surface area contributed by atoms with E-state index in [0.29, 0.717) is 15.7 Å². The monoisotopic (exact) mass is 580 g/mol. The zero-order valence-electron chi connectivity index (χ0n) is 19.6. The van der Waals surface area contributed by atoms with E-state index in [9.17, 15) is 9.59 Å². The minimum atomic E-state index is -0.313. The van der Waals surface area contributed by atoms with Gasteiger partial charge in [-0.05, 0) is 73.0 Å². The number of carbonyl (C=O) groups excluding carboxylic acids is 2. The Morgan fingerprint density at radius 2 is 1.72 bits per heavy atom. The maximum absolute atomic E-state index is 13.0. The average Bonchev–Trinajstić information content (AvgIpc) is 3.29. The number of ether oxygens (including phenoxy) is 1. The predicted molar refractivity (Wildman–Crippen MR) is 150 cm³/mol. The maximum Gasteiger partial charge on any atom is 0.293 e. The summed E-state index contributed by atoms with van der Waals surface area (Å²) in [6.07, 6.45) is 1.81. The second-order valence-corrected chi connectivity index (χ2v) is 10.6. The molecule has 1 saturated heterocycles. The molecule has 0 radical (unpaired) electrons. The van der Waals surface area contributed by atoms with E-state index in [2.05, 4.69) is 38.7 Å². The van der Waals surface area contributed by atoms with E-state index in [-0.39, 0.29) is 24.3 Å². The highest BCUT2D eigenvalue weighted by Crippen LogP contribution is 2.35. The fourth-order valence-electron chi connectivity index (χ4n) is 4.39. The molecule has 3 aromatic carbocycles. The topological polar surface area (TPSA) is 51.5 Å². The van der Waals surface area contributed by atoms with Gasteiger partial charge in [0.2, 0.25) is 0 Å². The Labute approximate surface area is 226 Å². The predicted octanol–water partition coefficient (Wildman–Crippen LogP) is 7.78. The molecule has 1 fully saturated rings. The number of aromatic nitrogens is 1. The highest BCUT2D eigenvalue weighted by Gasteiger charge is 2.35. The molecule has 0 aliphatic carbocycles. The lowest BCUT2D eigenvalue weighted by atomic mass is 10.1. The van der Waals surface area contributed by atoms with Crippen LogP contribution in [0, 0.1) is 13.8 Å². The van der Waals surface area contributed by atoms with Crippen LogP contribution in [-0.2, 0) is 4.79 Å². The third-order valence-corrected chi connectivity index (χ3v) is 8.04. The molecule has 2 heterocycles. The quantitative estimate of drug-likeness (QED) is 0.218. The number of halogens is 2. The van der Waals surface area contributed by atoms with Gasteiger partial charge in [-0.1, -0.05) is 63.9 Å². The van der Waals surface area contributed by atoms with Crippen LogP contribution in [0.25, 0.3) is 22.5 Å². The van der Waals surface area contributed by atoms with Gasteiger partial charge in [0.15, 0.2) is 0 Å². The Bertz CT molecular complexity index is 1550. The number of carbonyl (C=O) groups is 2. The summed E-state index contributed by atoms with van der Waals surface area (Å²) < 4.78 is 8.89. The third kappa shape index (κ3) is 4.59. The number of benzene rings is 3. The molecule has 2 amide bonds. The van der Waals surface area contributed by atoms with E-state index in [1.54, 1.807) is 18.2 Å². The summed E-state index contributed by atoms with van der Waals surface area (Å²) >= 11 is 10.7. The lowest BCUT2D eigenvalue weighted by molar-refractivity contribution is -0.123. The van der Waals surface area contributed by atoms with Gasteiger partial charge in [-0.25, -0.2) is 0 Å².